The van der Waals surface area contributed by atoms with Gasteiger partial charge in [0.2, 0.25) is 5.91 Å². The lowest BCUT2D eigenvalue weighted by molar-refractivity contribution is -0.126. The van der Waals surface area contributed by atoms with E-state index in [1.807, 2.05) is 0 Å². The molecule has 1 aromatic carbocycles. The van der Waals surface area contributed by atoms with Gasteiger partial charge in [-0.05, 0) is 18.2 Å². The maximum atomic E-state index is 13.0. The van der Waals surface area contributed by atoms with Crippen molar-refractivity contribution in [2.75, 3.05) is 20.1 Å². The topological polar surface area (TPSA) is 49.4 Å². The molecule has 1 aliphatic rings. The lowest BCUT2D eigenvalue weighted by Crippen LogP contribution is -2.30. The summed E-state index contributed by atoms with van der Waals surface area (Å²) in [5.41, 5.74) is 0.0663. The highest BCUT2D eigenvalue weighted by Gasteiger charge is 2.26. The molecule has 102 valence electrons. The van der Waals surface area contributed by atoms with Crippen molar-refractivity contribution in [1.82, 2.24) is 10.2 Å². The Morgan fingerprint density at radius 2 is 2.16 bits per heavy atom. The minimum absolute atomic E-state index is 0.0482. The Morgan fingerprint density at radius 3 is 2.74 bits per heavy atom. The number of rotatable bonds is 3. The van der Waals surface area contributed by atoms with Crippen LogP contribution >= 0.6 is 0 Å². The number of amides is 2. The highest BCUT2D eigenvalue weighted by Crippen LogP contribution is 2.15. The van der Waals surface area contributed by atoms with Gasteiger partial charge in [-0.1, -0.05) is 0 Å². The van der Waals surface area contributed by atoms with E-state index in [1.165, 1.54) is 6.07 Å². The van der Waals surface area contributed by atoms with Crippen LogP contribution in [0, 0.1) is 17.6 Å². The van der Waals surface area contributed by atoms with Crippen LogP contribution in [0.2, 0.25) is 0 Å². The summed E-state index contributed by atoms with van der Waals surface area (Å²) >= 11 is 0. The minimum atomic E-state index is -1.05. The summed E-state index contributed by atoms with van der Waals surface area (Å²) < 4.78 is 25.7. The molecular formula is C13H14F2N2O2. The number of likely N-dealkylation sites (tertiary alicyclic amines) is 1. The first kappa shape index (κ1) is 13.5. The Labute approximate surface area is 109 Å². The average molecular weight is 268 g/mol. The first-order valence-corrected chi connectivity index (χ1v) is 5.94. The van der Waals surface area contributed by atoms with Gasteiger partial charge in [0.15, 0.2) is 11.6 Å². The molecule has 6 heteroatoms. The van der Waals surface area contributed by atoms with Crippen LogP contribution in [0.4, 0.5) is 8.78 Å². The fraction of sp³-hybridized carbons (Fsp3) is 0.385. The van der Waals surface area contributed by atoms with Gasteiger partial charge in [-0.15, -0.1) is 0 Å². The summed E-state index contributed by atoms with van der Waals surface area (Å²) in [4.78, 5) is 24.6. The van der Waals surface area contributed by atoms with E-state index in [0.717, 1.165) is 12.1 Å². The molecule has 1 saturated heterocycles. The molecule has 0 bridgehead atoms. The maximum Gasteiger partial charge on any atom is 0.251 e. The van der Waals surface area contributed by atoms with E-state index in [-0.39, 0.29) is 17.4 Å². The molecule has 1 atom stereocenters. The molecule has 19 heavy (non-hydrogen) atoms. The number of nitrogens with one attached hydrogen (secondary N) is 1. The highest BCUT2D eigenvalue weighted by atomic mass is 19.2. The lowest BCUT2D eigenvalue weighted by atomic mass is 10.1. The van der Waals surface area contributed by atoms with E-state index in [4.69, 9.17) is 0 Å². The van der Waals surface area contributed by atoms with Crippen LogP contribution in [-0.2, 0) is 4.79 Å². The third-order valence-electron chi connectivity index (χ3n) is 3.15. The fourth-order valence-corrected chi connectivity index (χ4v) is 2.07. The average Bonchev–Trinajstić information content (AvgIpc) is 2.69. The molecule has 2 amide bonds. The van der Waals surface area contributed by atoms with E-state index in [9.17, 15) is 18.4 Å². The Morgan fingerprint density at radius 1 is 1.42 bits per heavy atom. The molecule has 1 N–H and O–H groups in total. The molecule has 1 fully saturated rings. The summed E-state index contributed by atoms with van der Waals surface area (Å²) in [6.07, 6.45) is 0.397. The lowest BCUT2D eigenvalue weighted by Gasteiger charge is -2.11. The molecule has 1 aliphatic heterocycles. The zero-order valence-electron chi connectivity index (χ0n) is 10.5. The van der Waals surface area contributed by atoms with E-state index in [1.54, 1.807) is 11.9 Å². The number of nitrogens with zero attached hydrogens (tertiary/aromatic N) is 1. The third-order valence-corrected chi connectivity index (χ3v) is 3.15. The van der Waals surface area contributed by atoms with Crippen LogP contribution in [0.15, 0.2) is 18.2 Å². The third kappa shape index (κ3) is 3.07. The highest BCUT2D eigenvalue weighted by molar-refractivity contribution is 5.94. The van der Waals surface area contributed by atoms with Gasteiger partial charge in [0.1, 0.15) is 0 Å². The van der Waals surface area contributed by atoms with Gasteiger partial charge in [-0.3, -0.25) is 9.59 Å². The molecule has 0 radical (unpaired) electrons. The van der Waals surface area contributed by atoms with Gasteiger partial charge in [0.25, 0.3) is 5.91 Å². The van der Waals surface area contributed by atoms with Crippen molar-refractivity contribution in [1.29, 1.82) is 0 Å². The molecule has 4 nitrogen and oxygen atoms in total. The Bertz CT molecular complexity index is 519. The Kier molecular flexibility index (Phi) is 3.78. The van der Waals surface area contributed by atoms with Crippen molar-refractivity contribution in [2.24, 2.45) is 5.92 Å². The predicted molar refractivity (Wildman–Crippen MR) is 64.4 cm³/mol. The number of benzene rings is 1. The van der Waals surface area contributed by atoms with Crippen molar-refractivity contribution >= 4 is 11.8 Å². The van der Waals surface area contributed by atoms with E-state index in [0.29, 0.717) is 19.5 Å². The van der Waals surface area contributed by atoms with Gasteiger partial charge >= 0.3 is 0 Å². The predicted octanol–water partition coefficient (Wildman–Crippen LogP) is 1.17. The van der Waals surface area contributed by atoms with Crippen molar-refractivity contribution < 1.29 is 18.4 Å². The van der Waals surface area contributed by atoms with Crippen molar-refractivity contribution in [3.05, 3.63) is 35.4 Å². The quantitative estimate of drug-likeness (QED) is 0.894. The van der Waals surface area contributed by atoms with Gasteiger partial charge in [-0.25, -0.2) is 8.78 Å². The number of hydrogen-bond acceptors (Lipinski definition) is 2. The largest absolute Gasteiger partial charge is 0.352 e. The maximum absolute atomic E-state index is 13.0. The van der Waals surface area contributed by atoms with Crippen LogP contribution in [0.5, 0.6) is 0 Å². The van der Waals surface area contributed by atoms with Gasteiger partial charge < -0.3 is 10.2 Å². The van der Waals surface area contributed by atoms with Gasteiger partial charge in [0, 0.05) is 38.0 Å². The number of hydrogen-bond donors (Lipinski definition) is 1. The summed E-state index contributed by atoms with van der Waals surface area (Å²) in [6.45, 7) is 0.935. The van der Waals surface area contributed by atoms with Gasteiger partial charge in [-0.2, -0.15) is 0 Å². The van der Waals surface area contributed by atoms with Crippen molar-refractivity contribution in [3.63, 3.8) is 0 Å². The summed E-state index contributed by atoms with van der Waals surface area (Å²) in [7, 11) is 1.71. The van der Waals surface area contributed by atoms with Crippen molar-refractivity contribution in [3.8, 4) is 0 Å². The minimum Gasteiger partial charge on any atom is -0.352 e. The van der Waals surface area contributed by atoms with E-state index >= 15 is 0 Å². The zero-order chi connectivity index (χ0) is 14.0. The number of carbonyl (C=O) groups excluding carboxylic acids is 2. The molecule has 0 aliphatic carbocycles. The molecule has 1 heterocycles. The van der Waals surface area contributed by atoms with E-state index in [2.05, 4.69) is 5.32 Å². The Hall–Kier alpha value is -1.98. The number of halogens is 2. The molecular weight excluding hydrogens is 254 g/mol. The van der Waals surface area contributed by atoms with Crippen LogP contribution in [0.25, 0.3) is 0 Å². The van der Waals surface area contributed by atoms with Gasteiger partial charge in [0.05, 0.1) is 0 Å². The van der Waals surface area contributed by atoms with E-state index < -0.39 is 17.5 Å². The monoisotopic (exact) mass is 268 g/mol. The van der Waals surface area contributed by atoms with Crippen LogP contribution in [0.1, 0.15) is 16.8 Å². The van der Waals surface area contributed by atoms with Crippen LogP contribution < -0.4 is 5.32 Å². The molecule has 0 spiro atoms. The first-order chi connectivity index (χ1) is 8.97. The fourth-order valence-electron chi connectivity index (χ4n) is 2.07. The van der Waals surface area contributed by atoms with Crippen LogP contribution in [-0.4, -0.2) is 36.9 Å². The molecule has 2 rings (SSSR count). The normalized spacial score (nSPS) is 18.8. The molecule has 0 saturated carbocycles. The molecule has 0 aromatic heterocycles. The SMILES string of the molecule is CN1CC(CNC(=O)c2ccc(F)c(F)c2)CC1=O. The second kappa shape index (κ2) is 5.34. The summed E-state index contributed by atoms with van der Waals surface area (Å²) in [5.74, 6) is -2.40. The first-order valence-electron chi connectivity index (χ1n) is 5.94. The summed E-state index contributed by atoms with van der Waals surface area (Å²) in [6, 6.07) is 2.99. The second-order valence-electron chi connectivity index (χ2n) is 4.68. The molecule has 1 aromatic rings. The Balaban J connectivity index is 1.91. The van der Waals surface area contributed by atoms with Crippen LogP contribution in [0.3, 0.4) is 0 Å². The molecule has 1 unspecified atom stereocenters. The van der Waals surface area contributed by atoms with Crippen molar-refractivity contribution in [2.45, 2.75) is 6.42 Å². The standard InChI is InChI=1S/C13H14F2N2O2/c1-17-7-8(4-12(17)18)6-16-13(19)9-2-3-10(14)11(15)5-9/h2-3,5,8H,4,6-7H2,1H3,(H,16,19). The zero-order valence-corrected chi connectivity index (χ0v) is 10.5. The summed E-state index contributed by atoms with van der Waals surface area (Å²) in [5, 5.41) is 2.62. The second-order valence-corrected chi connectivity index (χ2v) is 4.68. The number of carbonyl (C=O) groups is 2. The smallest absolute Gasteiger partial charge is 0.251 e.